The molecule has 114 valence electrons. The van der Waals surface area contributed by atoms with Gasteiger partial charge in [0.05, 0.1) is 0 Å². The van der Waals surface area contributed by atoms with E-state index in [1.807, 2.05) is 0 Å². The van der Waals surface area contributed by atoms with Gasteiger partial charge in [0.1, 0.15) is 10.4 Å². The number of nitrogens with one attached hydrogen (secondary N) is 2. The van der Waals surface area contributed by atoms with Gasteiger partial charge >= 0.3 is 0 Å². The molecule has 0 saturated carbocycles. The number of aromatic nitrogens is 2. The Balaban J connectivity index is 2.02. The molecular formula is C12H16N4O4S. The van der Waals surface area contributed by atoms with Crippen molar-refractivity contribution in [1.29, 1.82) is 0 Å². The first-order valence-electron chi connectivity index (χ1n) is 6.40. The number of hydrogen-bond donors (Lipinski definition) is 2. The van der Waals surface area contributed by atoms with Crippen LogP contribution >= 0.6 is 0 Å². The molecule has 1 aromatic heterocycles. The third-order valence-corrected chi connectivity index (χ3v) is 4.27. The summed E-state index contributed by atoms with van der Waals surface area (Å²) in [6.07, 6.45) is 0. The van der Waals surface area contributed by atoms with E-state index in [-0.39, 0.29) is 35.3 Å². The van der Waals surface area contributed by atoms with Gasteiger partial charge in [-0.05, 0) is 22.4 Å². The van der Waals surface area contributed by atoms with Crippen molar-refractivity contribution in [2.75, 3.05) is 13.1 Å². The van der Waals surface area contributed by atoms with Gasteiger partial charge in [-0.1, -0.05) is 19.9 Å². The Morgan fingerprint density at radius 2 is 2.05 bits per heavy atom. The van der Waals surface area contributed by atoms with E-state index in [4.69, 9.17) is 0 Å². The number of sulfonamides is 1. The van der Waals surface area contributed by atoms with Gasteiger partial charge in [-0.2, -0.15) is 0 Å². The summed E-state index contributed by atoms with van der Waals surface area (Å²) in [5.74, 6) is -0.270. The number of hydrogen-bond acceptors (Lipinski definition) is 6. The lowest BCUT2D eigenvalue weighted by Gasteiger charge is -2.09. The molecule has 0 saturated heterocycles. The van der Waals surface area contributed by atoms with Crippen molar-refractivity contribution in [2.24, 2.45) is 5.92 Å². The second-order valence-corrected chi connectivity index (χ2v) is 6.47. The molecule has 0 bridgehead atoms. The molecule has 1 heterocycles. The molecule has 0 fully saturated rings. The van der Waals surface area contributed by atoms with E-state index < -0.39 is 10.0 Å². The van der Waals surface area contributed by atoms with Crippen molar-refractivity contribution in [1.82, 2.24) is 20.4 Å². The molecule has 0 aliphatic rings. The fraction of sp³-hybridized carbons (Fsp3) is 0.417. The largest absolute Gasteiger partial charge is 0.355 e. The summed E-state index contributed by atoms with van der Waals surface area (Å²) in [7, 11) is -3.74. The zero-order chi connectivity index (χ0) is 15.5. The highest BCUT2D eigenvalue weighted by atomic mass is 32.2. The molecule has 1 amide bonds. The summed E-state index contributed by atoms with van der Waals surface area (Å²) in [6, 6.07) is 4.58. The number of nitrogens with zero attached hydrogens (tertiary/aromatic N) is 2. The minimum absolute atomic E-state index is 0.00330. The van der Waals surface area contributed by atoms with Crippen LogP contribution in [0.2, 0.25) is 0 Å². The molecule has 0 aliphatic heterocycles. The van der Waals surface area contributed by atoms with Crippen LogP contribution in [-0.2, 0) is 14.8 Å². The Morgan fingerprint density at radius 1 is 1.29 bits per heavy atom. The van der Waals surface area contributed by atoms with E-state index in [1.165, 1.54) is 6.07 Å². The van der Waals surface area contributed by atoms with E-state index in [0.717, 1.165) is 0 Å². The van der Waals surface area contributed by atoms with E-state index in [9.17, 15) is 13.2 Å². The summed E-state index contributed by atoms with van der Waals surface area (Å²) >= 11 is 0. The lowest BCUT2D eigenvalue weighted by atomic mass is 10.2. The van der Waals surface area contributed by atoms with Gasteiger partial charge in [0.2, 0.25) is 15.9 Å². The Morgan fingerprint density at radius 3 is 2.76 bits per heavy atom. The molecule has 2 aromatic rings. The number of benzene rings is 1. The molecule has 2 N–H and O–H groups in total. The zero-order valence-corrected chi connectivity index (χ0v) is 12.5. The number of amides is 1. The molecule has 0 aliphatic carbocycles. The first-order valence-corrected chi connectivity index (χ1v) is 7.89. The predicted octanol–water partition coefficient (Wildman–Crippen LogP) is 0.273. The second-order valence-electron chi connectivity index (χ2n) is 4.73. The van der Waals surface area contributed by atoms with Crippen molar-refractivity contribution in [3.8, 4) is 0 Å². The topological polar surface area (TPSA) is 114 Å². The van der Waals surface area contributed by atoms with Crippen LogP contribution in [0, 0.1) is 5.92 Å². The van der Waals surface area contributed by atoms with Crippen LogP contribution < -0.4 is 10.0 Å². The van der Waals surface area contributed by atoms with E-state index >= 15 is 0 Å². The average Bonchev–Trinajstić information content (AvgIpc) is 2.91. The lowest BCUT2D eigenvalue weighted by Crippen LogP contribution is -2.36. The van der Waals surface area contributed by atoms with Crippen LogP contribution in [0.15, 0.2) is 27.7 Å². The van der Waals surface area contributed by atoms with Crippen molar-refractivity contribution in [3.63, 3.8) is 0 Å². The van der Waals surface area contributed by atoms with Gasteiger partial charge in [0.15, 0.2) is 5.52 Å². The molecule has 0 atom stereocenters. The third kappa shape index (κ3) is 3.56. The summed E-state index contributed by atoms with van der Waals surface area (Å²) in [6.45, 7) is 3.82. The highest BCUT2D eigenvalue weighted by molar-refractivity contribution is 7.89. The van der Waals surface area contributed by atoms with Gasteiger partial charge in [0, 0.05) is 19.0 Å². The summed E-state index contributed by atoms with van der Waals surface area (Å²) in [5, 5.41) is 9.81. The summed E-state index contributed by atoms with van der Waals surface area (Å²) in [5.41, 5.74) is 0.544. The standard InChI is InChI=1S/C12H16N4O4S/c1-8(2)12(17)13-6-7-14-21(18,19)10-5-3-4-9-11(10)16-20-15-9/h3-5,8,14H,6-7H2,1-2H3,(H,13,17). The van der Waals surface area contributed by atoms with Crippen molar-refractivity contribution < 1.29 is 17.8 Å². The molecule has 0 radical (unpaired) electrons. The molecule has 8 nitrogen and oxygen atoms in total. The Kier molecular flexibility index (Phi) is 4.53. The summed E-state index contributed by atoms with van der Waals surface area (Å²) in [4.78, 5) is 11.4. The minimum Gasteiger partial charge on any atom is -0.355 e. The van der Waals surface area contributed by atoms with E-state index in [0.29, 0.717) is 5.52 Å². The van der Waals surface area contributed by atoms with E-state index in [2.05, 4.69) is 25.0 Å². The number of carbonyl (C=O) groups is 1. The molecule has 9 heteroatoms. The highest BCUT2D eigenvalue weighted by Crippen LogP contribution is 2.19. The molecule has 21 heavy (non-hydrogen) atoms. The first-order chi connectivity index (χ1) is 9.92. The number of rotatable bonds is 6. The maximum absolute atomic E-state index is 12.2. The Bertz CT molecular complexity index is 739. The number of carbonyl (C=O) groups excluding carboxylic acids is 1. The molecule has 0 spiro atoms. The molecular weight excluding hydrogens is 296 g/mol. The summed E-state index contributed by atoms with van der Waals surface area (Å²) < 4.78 is 31.3. The fourth-order valence-corrected chi connectivity index (χ4v) is 2.83. The quantitative estimate of drug-likeness (QED) is 0.740. The maximum atomic E-state index is 12.2. The van der Waals surface area contributed by atoms with Gasteiger partial charge in [-0.25, -0.2) is 17.8 Å². The van der Waals surface area contributed by atoms with Crippen LogP contribution in [0.4, 0.5) is 0 Å². The monoisotopic (exact) mass is 312 g/mol. The fourth-order valence-electron chi connectivity index (χ4n) is 1.65. The van der Waals surface area contributed by atoms with Crippen LogP contribution in [0.25, 0.3) is 11.0 Å². The normalized spacial score (nSPS) is 12.0. The third-order valence-electron chi connectivity index (χ3n) is 2.78. The number of fused-ring (bicyclic) bond motifs is 1. The molecule has 0 unspecified atom stereocenters. The minimum atomic E-state index is -3.74. The smallest absolute Gasteiger partial charge is 0.242 e. The SMILES string of the molecule is CC(C)C(=O)NCCNS(=O)(=O)c1cccc2nonc12. The zero-order valence-electron chi connectivity index (χ0n) is 11.7. The van der Waals surface area contributed by atoms with Crippen molar-refractivity contribution in [3.05, 3.63) is 18.2 Å². The van der Waals surface area contributed by atoms with Gasteiger partial charge in [-0.15, -0.1) is 0 Å². The maximum Gasteiger partial charge on any atom is 0.242 e. The van der Waals surface area contributed by atoms with Crippen LogP contribution in [0.3, 0.4) is 0 Å². The molecule has 1 aromatic carbocycles. The Hall–Kier alpha value is -2.00. The average molecular weight is 312 g/mol. The van der Waals surface area contributed by atoms with Crippen LogP contribution in [0.5, 0.6) is 0 Å². The van der Waals surface area contributed by atoms with Gasteiger partial charge in [-0.3, -0.25) is 4.79 Å². The van der Waals surface area contributed by atoms with E-state index in [1.54, 1.807) is 26.0 Å². The predicted molar refractivity (Wildman–Crippen MR) is 74.8 cm³/mol. The Labute approximate surface area is 121 Å². The second kappa shape index (κ2) is 6.19. The highest BCUT2D eigenvalue weighted by Gasteiger charge is 2.19. The first kappa shape index (κ1) is 15.4. The van der Waals surface area contributed by atoms with Crippen molar-refractivity contribution in [2.45, 2.75) is 18.7 Å². The molecule has 2 rings (SSSR count). The van der Waals surface area contributed by atoms with Crippen LogP contribution in [-0.4, -0.2) is 37.7 Å². The van der Waals surface area contributed by atoms with Gasteiger partial charge < -0.3 is 5.32 Å². The van der Waals surface area contributed by atoms with Crippen LogP contribution in [0.1, 0.15) is 13.8 Å². The van der Waals surface area contributed by atoms with Gasteiger partial charge in [0.25, 0.3) is 0 Å². The van der Waals surface area contributed by atoms with Crippen molar-refractivity contribution >= 4 is 27.0 Å². The lowest BCUT2D eigenvalue weighted by molar-refractivity contribution is -0.123.